The summed E-state index contributed by atoms with van der Waals surface area (Å²) in [7, 11) is -4.36. The predicted molar refractivity (Wildman–Crippen MR) is 123 cm³/mol. The molecule has 176 valence electrons. The molecule has 1 amide bonds. The Kier molecular flexibility index (Phi) is 7.83. The highest BCUT2D eigenvalue weighted by Crippen LogP contribution is 2.31. The lowest BCUT2D eigenvalue weighted by molar-refractivity contribution is 0.157. The second-order valence-corrected chi connectivity index (χ2v) is 9.72. The van der Waals surface area contributed by atoms with Crippen molar-refractivity contribution in [2.75, 3.05) is 6.61 Å². The highest BCUT2D eigenvalue weighted by atomic mass is 35.5. The summed E-state index contributed by atoms with van der Waals surface area (Å²) in [5.74, 6) is 0.0948. The van der Waals surface area contributed by atoms with Crippen molar-refractivity contribution in [2.24, 2.45) is 5.73 Å². The number of nitrogens with two attached hydrogens (primary N) is 1. The minimum Gasteiger partial charge on any atom is -0.449 e. The number of imidazole rings is 1. The Morgan fingerprint density at radius 3 is 2.48 bits per heavy atom. The molecule has 0 aliphatic carbocycles. The second-order valence-electron chi connectivity index (χ2n) is 7.38. The van der Waals surface area contributed by atoms with Crippen molar-refractivity contribution in [3.63, 3.8) is 0 Å². The van der Waals surface area contributed by atoms with Crippen molar-refractivity contribution >= 4 is 39.4 Å². The van der Waals surface area contributed by atoms with Gasteiger partial charge in [0.2, 0.25) is 0 Å². The third-order valence-electron chi connectivity index (χ3n) is 4.48. The summed E-state index contributed by atoms with van der Waals surface area (Å²) >= 11 is 12.0. The van der Waals surface area contributed by atoms with Gasteiger partial charge in [-0.2, -0.15) is 8.42 Å². The molecule has 0 radical (unpaired) electrons. The van der Waals surface area contributed by atoms with Crippen LogP contribution in [0.2, 0.25) is 10.0 Å². The van der Waals surface area contributed by atoms with Crippen LogP contribution in [0.5, 0.6) is 5.75 Å². The van der Waals surface area contributed by atoms with Crippen molar-refractivity contribution < 1.29 is 22.1 Å². The predicted octanol–water partition coefficient (Wildman–Crippen LogP) is 4.16. The van der Waals surface area contributed by atoms with E-state index in [1.807, 2.05) is 13.8 Å². The van der Waals surface area contributed by atoms with Gasteiger partial charge in [-0.25, -0.2) is 9.78 Å². The summed E-state index contributed by atoms with van der Waals surface area (Å²) in [5.41, 5.74) is 6.09. The van der Waals surface area contributed by atoms with Gasteiger partial charge in [0.1, 0.15) is 18.2 Å². The van der Waals surface area contributed by atoms with E-state index in [0.717, 1.165) is 5.56 Å². The van der Waals surface area contributed by atoms with E-state index in [4.69, 9.17) is 37.9 Å². The van der Waals surface area contributed by atoms with Crippen LogP contribution in [0, 0.1) is 0 Å². The number of rotatable bonds is 9. The van der Waals surface area contributed by atoms with Crippen molar-refractivity contribution in [2.45, 2.75) is 37.8 Å². The van der Waals surface area contributed by atoms with Crippen LogP contribution >= 0.6 is 23.2 Å². The molecule has 0 aliphatic heterocycles. The van der Waals surface area contributed by atoms with Crippen LogP contribution < -0.4 is 9.92 Å². The van der Waals surface area contributed by atoms with Crippen LogP contribution in [-0.4, -0.2) is 35.7 Å². The number of hydrogen-bond donors (Lipinski definition) is 1. The molecule has 2 N–H and O–H groups in total. The topological polar surface area (TPSA) is 126 Å². The van der Waals surface area contributed by atoms with Crippen molar-refractivity contribution in [1.29, 1.82) is 0 Å². The van der Waals surface area contributed by atoms with Gasteiger partial charge >= 0.3 is 16.2 Å². The van der Waals surface area contributed by atoms with E-state index < -0.39 is 16.2 Å². The summed E-state index contributed by atoms with van der Waals surface area (Å²) in [6, 6.07) is 7.71. The molecule has 2 heterocycles. The zero-order valence-electron chi connectivity index (χ0n) is 17.9. The molecule has 1 aromatic carbocycles. The Morgan fingerprint density at radius 2 is 1.91 bits per heavy atom. The molecule has 2 aromatic heterocycles. The lowest BCUT2D eigenvalue weighted by Gasteiger charge is -2.15. The van der Waals surface area contributed by atoms with Gasteiger partial charge in [-0.15, -0.1) is 0 Å². The molecule has 0 saturated carbocycles. The number of nitrogens with zero attached hydrogens (tertiary/aromatic N) is 3. The number of hydrogen-bond acceptors (Lipinski definition) is 7. The molecule has 0 spiro atoms. The molecule has 12 heteroatoms. The van der Waals surface area contributed by atoms with E-state index in [9.17, 15) is 13.2 Å². The number of carbonyl (C=O) groups excluding carboxylic acids is 1. The number of pyridine rings is 1. The highest BCUT2D eigenvalue weighted by Gasteiger charge is 2.31. The van der Waals surface area contributed by atoms with E-state index in [1.54, 1.807) is 24.5 Å². The smallest absolute Gasteiger partial charge is 0.404 e. The maximum absolute atomic E-state index is 13.5. The Hall–Kier alpha value is -2.82. The normalized spacial score (nSPS) is 11.5. The Bertz CT molecular complexity index is 1230. The van der Waals surface area contributed by atoms with Crippen LogP contribution in [0.3, 0.4) is 0 Å². The van der Waals surface area contributed by atoms with E-state index in [2.05, 4.69) is 9.97 Å². The third kappa shape index (κ3) is 6.37. The maximum atomic E-state index is 13.5. The Labute approximate surface area is 201 Å². The zero-order chi connectivity index (χ0) is 24.2. The molecule has 0 saturated heterocycles. The minimum atomic E-state index is -4.36. The molecule has 0 atom stereocenters. The number of halogens is 2. The molecule has 0 fully saturated rings. The van der Waals surface area contributed by atoms with Gasteiger partial charge in [0.25, 0.3) is 0 Å². The van der Waals surface area contributed by atoms with Crippen LogP contribution in [0.1, 0.15) is 36.8 Å². The van der Waals surface area contributed by atoms with E-state index in [1.165, 1.54) is 22.8 Å². The first-order valence-electron chi connectivity index (χ1n) is 9.88. The minimum absolute atomic E-state index is 0.0325. The average Bonchev–Trinajstić information content (AvgIpc) is 3.07. The van der Waals surface area contributed by atoms with Gasteiger partial charge < -0.3 is 19.2 Å². The molecule has 0 bridgehead atoms. The lowest BCUT2D eigenvalue weighted by atomic mass is 10.1. The van der Waals surface area contributed by atoms with Gasteiger partial charge in [0, 0.05) is 41.0 Å². The van der Waals surface area contributed by atoms with Gasteiger partial charge in [-0.1, -0.05) is 43.1 Å². The van der Waals surface area contributed by atoms with Crippen LogP contribution in [0.15, 0.2) is 47.8 Å². The summed E-state index contributed by atoms with van der Waals surface area (Å²) < 4.78 is 38.7. The van der Waals surface area contributed by atoms with E-state index >= 15 is 0 Å². The van der Waals surface area contributed by atoms with Crippen molar-refractivity contribution in [1.82, 2.24) is 14.5 Å². The van der Waals surface area contributed by atoms with Crippen molar-refractivity contribution in [3.8, 4) is 5.75 Å². The summed E-state index contributed by atoms with van der Waals surface area (Å²) in [4.78, 5) is 19.6. The number of primary amides is 1. The fourth-order valence-electron chi connectivity index (χ4n) is 3.16. The van der Waals surface area contributed by atoms with Crippen LogP contribution in [-0.2, 0) is 27.8 Å². The van der Waals surface area contributed by atoms with Crippen molar-refractivity contribution in [3.05, 3.63) is 69.9 Å². The fourth-order valence-corrected chi connectivity index (χ4v) is 5.07. The fraction of sp³-hybridized carbons (Fsp3) is 0.286. The van der Waals surface area contributed by atoms with Crippen LogP contribution in [0.4, 0.5) is 4.79 Å². The first-order chi connectivity index (χ1) is 15.6. The molecule has 0 unspecified atom stereocenters. The average molecular weight is 513 g/mol. The molecular weight excluding hydrogens is 491 g/mol. The molecule has 33 heavy (non-hydrogen) atoms. The van der Waals surface area contributed by atoms with E-state index in [0.29, 0.717) is 11.5 Å². The largest absolute Gasteiger partial charge is 0.449 e. The number of benzene rings is 1. The number of carbonyl (C=O) groups is 1. The highest BCUT2D eigenvalue weighted by molar-refractivity contribution is 7.87. The third-order valence-corrected chi connectivity index (χ3v) is 6.24. The van der Waals surface area contributed by atoms with E-state index in [-0.39, 0.29) is 46.3 Å². The Balaban J connectivity index is 2.11. The van der Waals surface area contributed by atoms with Gasteiger partial charge in [-0.05, 0) is 23.6 Å². The quantitative estimate of drug-likeness (QED) is 0.426. The molecule has 9 nitrogen and oxygen atoms in total. The SMILES string of the molecule is CC(C)c1nc(CCOC(N)=O)n(Cc2cccnc2)c1S(=O)(=O)Oc1cc(Cl)cc(Cl)c1. The maximum Gasteiger partial charge on any atom is 0.404 e. The number of ether oxygens (including phenoxy) is 1. The molecule has 3 aromatic rings. The lowest BCUT2D eigenvalue weighted by Crippen LogP contribution is -2.20. The first-order valence-corrected chi connectivity index (χ1v) is 12.0. The first kappa shape index (κ1) is 24.8. The molecular formula is C21H22Cl2N4O5S. The van der Waals surface area contributed by atoms with Crippen LogP contribution in [0.25, 0.3) is 0 Å². The summed E-state index contributed by atoms with van der Waals surface area (Å²) in [6.45, 7) is 3.71. The zero-order valence-corrected chi connectivity index (χ0v) is 20.2. The number of amides is 1. The molecule has 3 rings (SSSR count). The Morgan fingerprint density at radius 1 is 1.21 bits per heavy atom. The molecule has 0 aliphatic rings. The van der Waals surface area contributed by atoms with Gasteiger partial charge in [0.15, 0.2) is 5.03 Å². The van der Waals surface area contributed by atoms with Gasteiger partial charge in [0.05, 0.1) is 12.2 Å². The monoisotopic (exact) mass is 512 g/mol. The summed E-state index contributed by atoms with van der Waals surface area (Å²) in [5, 5.41) is 0.335. The standard InChI is InChI=1S/C21H22Cl2N4O5S/c1-13(2)19-20(33(29,30)32-17-9-15(22)8-16(23)10-17)27(12-14-4-3-6-25-11-14)18(26-19)5-7-31-21(24)28/h3-4,6,8-11,13H,5,7,12H2,1-2H3,(H2,24,28). The van der Waals surface area contributed by atoms with Gasteiger partial charge in [-0.3, -0.25) is 4.98 Å². The summed E-state index contributed by atoms with van der Waals surface area (Å²) in [6.07, 6.45) is 2.44. The number of aromatic nitrogens is 3. The second kappa shape index (κ2) is 10.4.